The van der Waals surface area contributed by atoms with E-state index in [4.69, 9.17) is 4.74 Å². The highest BCUT2D eigenvalue weighted by atomic mass is 16.5. The third-order valence-electron chi connectivity index (χ3n) is 3.61. The molecule has 1 aliphatic heterocycles. The molecule has 0 aromatic carbocycles. The summed E-state index contributed by atoms with van der Waals surface area (Å²) < 4.78 is 5.46. The highest BCUT2D eigenvalue weighted by molar-refractivity contribution is 4.86. The molecule has 0 aromatic rings. The van der Waals surface area contributed by atoms with Gasteiger partial charge in [-0.2, -0.15) is 0 Å². The van der Waals surface area contributed by atoms with Crippen LogP contribution in [0.2, 0.25) is 0 Å². The minimum atomic E-state index is 0.556. The lowest BCUT2D eigenvalue weighted by molar-refractivity contribution is 0.178. The second-order valence-electron chi connectivity index (χ2n) is 4.87. The summed E-state index contributed by atoms with van der Waals surface area (Å²) in [5, 5.41) is 6.95. The highest BCUT2D eigenvalue weighted by Gasteiger charge is 2.29. The van der Waals surface area contributed by atoms with Gasteiger partial charge in [-0.05, 0) is 25.8 Å². The number of ether oxygens (including phenoxy) is 1. The maximum absolute atomic E-state index is 5.46. The Kier molecular flexibility index (Phi) is 3.42. The van der Waals surface area contributed by atoms with Crippen LogP contribution in [0.1, 0.15) is 19.8 Å². The molecule has 1 saturated heterocycles. The maximum Gasteiger partial charge on any atom is 0.0623 e. The van der Waals surface area contributed by atoms with Crippen LogP contribution in [0.25, 0.3) is 0 Å². The average Bonchev–Trinajstić information content (AvgIpc) is 2.57. The van der Waals surface area contributed by atoms with E-state index >= 15 is 0 Å². The molecule has 2 unspecified atom stereocenters. The molecule has 0 spiro atoms. The lowest BCUT2D eigenvalue weighted by Gasteiger charge is -2.34. The van der Waals surface area contributed by atoms with Gasteiger partial charge in [0.1, 0.15) is 0 Å². The summed E-state index contributed by atoms with van der Waals surface area (Å²) in [5.41, 5.74) is 0. The summed E-state index contributed by atoms with van der Waals surface area (Å²) in [6.07, 6.45) is 2.72. The molecule has 82 valence electrons. The Morgan fingerprint density at radius 1 is 1.29 bits per heavy atom. The third-order valence-corrected chi connectivity index (χ3v) is 3.61. The minimum Gasteiger partial charge on any atom is -0.379 e. The van der Waals surface area contributed by atoms with Crippen molar-refractivity contribution in [1.29, 1.82) is 0 Å². The fourth-order valence-corrected chi connectivity index (χ4v) is 2.51. The summed E-state index contributed by atoms with van der Waals surface area (Å²) in [7, 11) is 2.03. The van der Waals surface area contributed by atoms with Gasteiger partial charge in [-0.15, -0.1) is 0 Å². The normalized spacial score (nSPS) is 42.4. The molecule has 14 heavy (non-hydrogen) atoms. The van der Waals surface area contributed by atoms with Crippen molar-refractivity contribution in [3.8, 4) is 0 Å². The average molecular weight is 198 g/mol. The molecule has 3 nitrogen and oxygen atoms in total. The van der Waals surface area contributed by atoms with Crippen LogP contribution in [0.4, 0.5) is 0 Å². The van der Waals surface area contributed by atoms with Gasteiger partial charge in [0, 0.05) is 24.5 Å². The van der Waals surface area contributed by atoms with Gasteiger partial charge in [0.25, 0.3) is 0 Å². The lowest BCUT2D eigenvalue weighted by atomic mass is 9.81. The van der Waals surface area contributed by atoms with E-state index in [0.29, 0.717) is 12.0 Å². The van der Waals surface area contributed by atoms with Crippen molar-refractivity contribution in [2.45, 2.75) is 31.8 Å². The Morgan fingerprint density at radius 2 is 2.07 bits per heavy atom. The second kappa shape index (κ2) is 4.60. The molecule has 2 N–H and O–H groups in total. The van der Waals surface area contributed by atoms with Crippen molar-refractivity contribution < 1.29 is 4.74 Å². The monoisotopic (exact) mass is 198 g/mol. The van der Waals surface area contributed by atoms with Crippen LogP contribution in [-0.2, 0) is 4.74 Å². The van der Waals surface area contributed by atoms with E-state index in [1.54, 1.807) is 0 Å². The predicted molar refractivity (Wildman–Crippen MR) is 57.3 cm³/mol. The summed E-state index contributed by atoms with van der Waals surface area (Å²) in [5.74, 6) is 1.60. The van der Waals surface area contributed by atoms with Crippen LogP contribution >= 0.6 is 0 Å². The molecule has 0 radical (unpaired) electrons. The molecule has 3 heteroatoms. The molecule has 0 bridgehead atoms. The first kappa shape index (κ1) is 10.4. The molecule has 1 heterocycles. The molecular formula is C11H22N2O. The zero-order valence-corrected chi connectivity index (χ0v) is 9.25. The van der Waals surface area contributed by atoms with Gasteiger partial charge in [0.05, 0.1) is 13.2 Å². The van der Waals surface area contributed by atoms with Crippen LogP contribution in [0, 0.1) is 11.8 Å². The van der Waals surface area contributed by atoms with Crippen LogP contribution < -0.4 is 10.6 Å². The molecular weight excluding hydrogens is 176 g/mol. The molecule has 1 aliphatic carbocycles. The van der Waals surface area contributed by atoms with Crippen LogP contribution in [-0.4, -0.2) is 38.9 Å². The first-order valence-electron chi connectivity index (χ1n) is 5.78. The number of rotatable bonds is 4. The third kappa shape index (κ3) is 2.27. The van der Waals surface area contributed by atoms with E-state index in [2.05, 4.69) is 17.6 Å². The van der Waals surface area contributed by atoms with Gasteiger partial charge in [-0.3, -0.25) is 0 Å². The SMILES string of the molecule is CNC1COCC1CNC1CC(C)C1. The summed E-state index contributed by atoms with van der Waals surface area (Å²) in [6.45, 7) is 5.24. The van der Waals surface area contributed by atoms with Crippen LogP contribution in [0.3, 0.4) is 0 Å². The molecule has 0 amide bonds. The fourth-order valence-electron chi connectivity index (χ4n) is 2.51. The molecule has 2 aliphatic rings. The summed E-state index contributed by atoms with van der Waals surface area (Å²) in [4.78, 5) is 0. The second-order valence-corrected chi connectivity index (χ2v) is 4.87. The van der Waals surface area contributed by atoms with Crippen molar-refractivity contribution in [3.63, 3.8) is 0 Å². The smallest absolute Gasteiger partial charge is 0.0623 e. The Labute approximate surface area is 86.6 Å². The first-order valence-corrected chi connectivity index (χ1v) is 5.78. The topological polar surface area (TPSA) is 33.3 Å². The lowest BCUT2D eigenvalue weighted by Crippen LogP contribution is -2.45. The summed E-state index contributed by atoms with van der Waals surface area (Å²) in [6, 6.07) is 1.34. The zero-order valence-electron chi connectivity index (χ0n) is 9.25. The van der Waals surface area contributed by atoms with E-state index in [1.807, 2.05) is 7.05 Å². The fraction of sp³-hybridized carbons (Fsp3) is 1.00. The van der Waals surface area contributed by atoms with Crippen molar-refractivity contribution in [2.75, 3.05) is 26.8 Å². The van der Waals surface area contributed by atoms with E-state index < -0.39 is 0 Å². The minimum absolute atomic E-state index is 0.556. The number of likely N-dealkylation sites (N-methyl/N-ethyl adjacent to an activating group) is 1. The quantitative estimate of drug-likeness (QED) is 0.694. The Bertz CT molecular complexity index is 180. The Balaban J connectivity index is 1.65. The number of nitrogens with one attached hydrogen (secondary N) is 2. The van der Waals surface area contributed by atoms with Gasteiger partial charge >= 0.3 is 0 Å². The van der Waals surface area contributed by atoms with Gasteiger partial charge in [0.15, 0.2) is 0 Å². The van der Waals surface area contributed by atoms with Crippen LogP contribution in [0.5, 0.6) is 0 Å². The standard InChI is InChI=1S/C11H22N2O/c1-8-3-10(4-8)13-5-9-6-14-7-11(9)12-2/h8-13H,3-7H2,1-2H3. The van der Waals surface area contributed by atoms with E-state index in [9.17, 15) is 0 Å². The van der Waals surface area contributed by atoms with Gasteiger partial charge < -0.3 is 15.4 Å². The van der Waals surface area contributed by atoms with E-state index in [0.717, 1.165) is 31.7 Å². The predicted octanol–water partition coefficient (Wildman–Crippen LogP) is 0.609. The molecule has 1 saturated carbocycles. The molecule has 2 rings (SSSR count). The van der Waals surface area contributed by atoms with Crippen LogP contribution in [0.15, 0.2) is 0 Å². The van der Waals surface area contributed by atoms with Crippen molar-refractivity contribution >= 4 is 0 Å². The first-order chi connectivity index (χ1) is 6.79. The zero-order chi connectivity index (χ0) is 9.97. The highest BCUT2D eigenvalue weighted by Crippen LogP contribution is 2.26. The number of hydrogen-bond donors (Lipinski definition) is 2. The Hall–Kier alpha value is -0.120. The molecule has 2 atom stereocenters. The Morgan fingerprint density at radius 3 is 2.71 bits per heavy atom. The number of hydrogen-bond acceptors (Lipinski definition) is 3. The molecule has 2 fully saturated rings. The maximum atomic E-state index is 5.46. The van der Waals surface area contributed by atoms with Crippen molar-refractivity contribution in [3.05, 3.63) is 0 Å². The molecule has 0 aromatic heterocycles. The van der Waals surface area contributed by atoms with E-state index in [-0.39, 0.29) is 0 Å². The van der Waals surface area contributed by atoms with Gasteiger partial charge in [0.2, 0.25) is 0 Å². The van der Waals surface area contributed by atoms with Crippen molar-refractivity contribution in [2.24, 2.45) is 11.8 Å². The van der Waals surface area contributed by atoms with Gasteiger partial charge in [-0.1, -0.05) is 6.92 Å². The largest absolute Gasteiger partial charge is 0.379 e. The summed E-state index contributed by atoms with van der Waals surface area (Å²) >= 11 is 0. The van der Waals surface area contributed by atoms with E-state index in [1.165, 1.54) is 12.8 Å². The van der Waals surface area contributed by atoms with Crippen molar-refractivity contribution in [1.82, 2.24) is 10.6 Å². The van der Waals surface area contributed by atoms with Gasteiger partial charge in [-0.25, -0.2) is 0 Å².